The molecular formula is C11H13F2NO2. The Balaban J connectivity index is 2.33. The van der Waals surface area contributed by atoms with Gasteiger partial charge in [0.2, 0.25) is 0 Å². The van der Waals surface area contributed by atoms with Crippen molar-refractivity contribution in [3.05, 3.63) is 29.3 Å². The van der Waals surface area contributed by atoms with Crippen molar-refractivity contribution in [2.75, 3.05) is 26.8 Å². The van der Waals surface area contributed by atoms with Gasteiger partial charge in [0.25, 0.3) is 0 Å². The molecule has 0 saturated carbocycles. The van der Waals surface area contributed by atoms with E-state index in [4.69, 9.17) is 9.47 Å². The zero-order chi connectivity index (χ0) is 11.5. The number of hydrogen-bond donors (Lipinski definition) is 1. The van der Waals surface area contributed by atoms with Gasteiger partial charge in [0.15, 0.2) is 11.6 Å². The van der Waals surface area contributed by atoms with Crippen LogP contribution in [0.1, 0.15) is 11.7 Å². The topological polar surface area (TPSA) is 30.5 Å². The molecule has 0 bridgehead atoms. The fraction of sp³-hybridized carbons (Fsp3) is 0.455. The van der Waals surface area contributed by atoms with Crippen LogP contribution in [0.4, 0.5) is 8.78 Å². The van der Waals surface area contributed by atoms with Crippen LogP contribution in [-0.4, -0.2) is 26.8 Å². The maximum Gasteiger partial charge on any atom is 0.164 e. The molecule has 1 unspecified atom stereocenters. The minimum absolute atomic E-state index is 0.198. The fourth-order valence-corrected chi connectivity index (χ4v) is 1.70. The summed E-state index contributed by atoms with van der Waals surface area (Å²) in [6.45, 7) is 1.69. The predicted octanol–water partition coefficient (Wildman–Crippen LogP) is 1.63. The first-order valence-corrected chi connectivity index (χ1v) is 5.07. The molecule has 5 heteroatoms. The molecule has 1 fully saturated rings. The summed E-state index contributed by atoms with van der Waals surface area (Å²) in [6, 6.07) is 2.49. The van der Waals surface area contributed by atoms with Crippen LogP contribution in [0, 0.1) is 11.6 Å². The molecule has 0 radical (unpaired) electrons. The van der Waals surface area contributed by atoms with Gasteiger partial charge < -0.3 is 14.8 Å². The first kappa shape index (κ1) is 11.3. The molecular weight excluding hydrogens is 216 g/mol. The second-order valence-corrected chi connectivity index (χ2v) is 3.58. The lowest BCUT2D eigenvalue weighted by molar-refractivity contribution is 0.0250. The molecule has 1 aliphatic heterocycles. The molecule has 1 aromatic rings. The minimum Gasteiger partial charge on any atom is -0.497 e. The molecule has 1 N–H and O–H groups in total. The van der Waals surface area contributed by atoms with Crippen molar-refractivity contribution in [1.82, 2.24) is 5.32 Å². The van der Waals surface area contributed by atoms with E-state index >= 15 is 0 Å². The molecule has 1 aliphatic rings. The highest BCUT2D eigenvalue weighted by Gasteiger charge is 2.22. The normalized spacial score (nSPS) is 20.8. The number of hydrogen-bond acceptors (Lipinski definition) is 3. The van der Waals surface area contributed by atoms with E-state index in [0.29, 0.717) is 18.9 Å². The molecule has 2 rings (SSSR count). The molecule has 1 saturated heterocycles. The molecule has 0 aliphatic carbocycles. The van der Waals surface area contributed by atoms with E-state index in [-0.39, 0.29) is 5.56 Å². The van der Waals surface area contributed by atoms with Crippen LogP contribution in [-0.2, 0) is 4.74 Å². The summed E-state index contributed by atoms with van der Waals surface area (Å²) < 4.78 is 37.1. The SMILES string of the molecule is COc1cc(F)c(F)c(C2CNCCO2)c1. The van der Waals surface area contributed by atoms with Gasteiger partial charge in [0.05, 0.1) is 19.8 Å². The van der Waals surface area contributed by atoms with Crippen LogP contribution in [0.25, 0.3) is 0 Å². The highest BCUT2D eigenvalue weighted by molar-refractivity contribution is 5.32. The van der Waals surface area contributed by atoms with Crippen molar-refractivity contribution in [1.29, 1.82) is 0 Å². The van der Waals surface area contributed by atoms with E-state index in [0.717, 1.165) is 12.6 Å². The quantitative estimate of drug-likeness (QED) is 0.836. The van der Waals surface area contributed by atoms with Crippen LogP contribution < -0.4 is 10.1 Å². The molecule has 0 spiro atoms. The summed E-state index contributed by atoms with van der Waals surface area (Å²) in [7, 11) is 1.41. The molecule has 1 atom stereocenters. The van der Waals surface area contributed by atoms with Crippen molar-refractivity contribution in [2.45, 2.75) is 6.10 Å². The number of halogens is 2. The summed E-state index contributed by atoms with van der Waals surface area (Å²) in [4.78, 5) is 0. The summed E-state index contributed by atoms with van der Waals surface area (Å²) in [5, 5.41) is 3.06. The number of nitrogens with one attached hydrogen (secondary N) is 1. The van der Waals surface area contributed by atoms with Gasteiger partial charge in [0, 0.05) is 24.7 Å². The van der Waals surface area contributed by atoms with E-state index in [1.165, 1.54) is 13.2 Å². The largest absolute Gasteiger partial charge is 0.497 e. The summed E-state index contributed by atoms with van der Waals surface area (Å²) in [5.74, 6) is -1.49. The average molecular weight is 229 g/mol. The van der Waals surface area contributed by atoms with Crippen molar-refractivity contribution < 1.29 is 18.3 Å². The molecule has 0 aromatic heterocycles. The van der Waals surface area contributed by atoms with Gasteiger partial charge in [-0.15, -0.1) is 0 Å². The zero-order valence-corrected chi connectivity index (χ0v) is 8.93. The third-order valence-corrected chi connectivity index (χ3v) is 2.54. The third-order valence-electron chi connectivity index (χ3n) is 2.54. The van der Waals surface area contributed by atoms with Crippen LogP contribution >= 0.6 is 0 Å². The van der Waals surface area contributed by atoms with Gasteiger partial charge in [-0.25, -0.2) is 8.78 Å². The van der Waals surface area contributed by atoms with Crippen molar-refractivity contribution >= 4 is 0 Å². The summed E-state index contributed by atoms with van der Waals surface area (Å²) in [5.41, 5.74) is 0.198. The highest BCUT2D eigenvalue weighted by Crippen LogP contribution is 2.27. The lowest BCUT2D eigenvalue weighted by Gasteiger charge is -2.24. The third kappa shape index (κ3) is 2.15. The Morgan fingerprint density at radius 2 is 2.25 bits per heavy atom. The van der Waals surface area contributed by atoms with Gasteiger partial charge in [-0.05, 0) is 6.07 Å². The molecule has 16 heavy (non-hydrogen) atoms. The zero-order valence-electron chi connectivity index (χ0n) is 8.93. The van der Waals surface area contributed by atoms with Crippen molar-refractivity contribution in [3.8, 4) is 5.75 Å². The molecule has 1 aromatic carbocycles. The van der Waals surface area contributed by atoms with E-state index in [1.54, 1.807) is 0 Å². The highest BCUT2D eigenvalue weighted by atomic mass is 19.2. The van der Waals surface area contributed by atoms with Crippen LogP contribution in [0.2, 0.25) is 0 Å². The monoisotopic (exact) mass is 229 g/mol. The van der Waals surface area contributed by atoms with Crippen LogP contribution in [0.5, 0.6) is 5.75 Å². The number of methoxy groups -OCH3 is 1. The smallest absolute Gasteiger partial charge is 0.164 e. The van der Waals surface area contributed by atoms with E-state index in [9.17, 15) is 8.78 Å². The summed E-state index contributed by atoms with van der Waals surface area (Å²) >= 11 is 0. The van der Waals surface area contributed by atoms with Gasteiger partial charge in [-0.1, -0.05) is 0 Å². The number of morpholine rings is 1. The molecule has 1 heterocycles. The number of benzene rings is 1. The first-order chi connectivity index (χ1) is 7.72. The standard InChI is InChI=1S/C11H13F2NO2/c1-15-7-4-8(11(13)9(12)5-7)10-6-14-2-3-16-10/h4-5,10,14H,2-3,6H2,1H3. The second-order valence-electron chi connectivity index (χ2n) is 3.58. The Morgan fingerprint density at radius 3 is 2.88 bits per heavy atom. The maximum atomic E-state index is 13.6. The van der Waals surface area contributed by atoms with Crippen molar-refractivity contribution in [3.63, 3.8) is 0 Å². The lowest BCUT2D eigenvalue weighted by Crippen LogP contribution is -2.33. The van der Waals surface area contributed by atoms with Crippen LogP contribution in [0.3, 0.4) is 0 Å². The number of ether oxygens (including phenoxy) is 2. The van der Waals surface area contributed by atoms with Gasteiger partial charge in [0.1, 0.15) is 5.75 Å². The summed E-state index contributed by atoms with van der Waals surface area (Å²) in [6.07, 6.45) is -0.460. The lowest BCUT2D eigenvalue weighted by atomic mass is 10.1. The maximum absolute atomic E-state index is 13.6. The van der Waals surface area contributed by atoms with E-state index in [2.05, 4.69) is 5.32 Å². The number of rotatable bonds is 2. The molecule has 3 nitrogen and oxygen atoms in total. The van der Waals surface area contributed by atoms with E-state index in [1.807, 2.05) is 0 Å². The Kier molecular flexibility index (Phi) is 3.36. The Hall–Kier alpha value is -1.20. The molecule has 0 amide bonds. The second kappa shape index (κ2) is 4.76. The van der Waals surface area contributed by atoms with Gasteiger partial charge in [-0.3, -0.25) is 0 Å². The Labute approximate surface area is 92.4 Å². The first-order valence-electron chi connectivity index (χ1n) is 5.07. The molecule has 88 valence electrons. The Morgan fingerprint density at radius 1 is 1.44 bits per heavy atom. The predicted molar refractivity (Wildman–Crippen MR) is 54.5 cm³/mol. The average Bonchev–Trinajstić information content (AvgIpc) is 2.33. The van der Waals surface area contributed by atoms with Crippen molar-refractivity contribution in [2.24, 2.45) is 0 Å². The Bertz CT molecular complexity index is 378. The van der Waals surface area contributed by atoms with Crippen LogP contribution in [0.15, 0.2) is 12.1 Å². The van der Waals surface area contributed by atoms with Gasteiger partial charge in [-0.2, -0.15) is 0 Å². The van der Waals surface area contributed by atoms with Gasteiger partial charge >= 0.3 is 0 Å². The fourth-order valence-electron chi connectivity index (χ4n) is 1.70. The minimum atomic E-state index is -0.913. The van der Waals surface area contributed by atoms with E-state index < -0.39 is 17.7 Å².